The van der Waals surface area contributed by atoms with Gasteiger partial charge in [0.2, 0.25) is 0 Å². The van der Waals surface area contributed by atoms with Crippen molar-refractivity contribution in [1.29, 1.82) is 0 Å². The summed E-state index contributed by atoms with van der Waals surface area (Å²) in [7, 11) is 0. The van der Waals surface area contributed by atoms with Gasteiger partial charge in [-0.15, -0.1) is 0 Å². The molecule has 2 fully saturated rings. The van der Waals surface area contributed by atoms with Gasteiger partial charge in [0.25, 0.3) is 0 Å². The van der Waals surface area contributed by atoms with Crippen molar-refractivity contribution in [2.75, 3.05) is 13.2 Å². The molecule has 174 valence electrons. The van der Waals surface area contributed by atoms with Crippen LogP contribution in [0.1, 0.15) is 70.9 Å². The fraction of sp³-hybridized carbons (Fsp3) is 0.615. The van der Waals surface area contributed by atoms with Gasteiger partial charge in [-0.05, 0) is 93.7 Å². The number of nitrogens with zero attached hydrogens (tertiary/aromatic N) is 2. The number of ether oxygens (including phenoxy) is 2. The average molecular weight is 550 g/mol. The number of hydrogen-bond donors (Lipinski definition) is 0. The molecular formula is C26H35IN2O3. The standard InChI is InChI=1S/C26H35IN2O3/c1-26(2,3)32-22(30)17-31-16-19-11-9-18(10-12-19)15-29-25(21-13-14-21)23(27)24(28-29)20-7-5-4-6-8-20/h4-8,18-19,21H,9-17H2,1-3H3/t18-,19-. The van der Waals surface area contributed by atoms with E-state index in [4.69, 9.17) is 14.6 Å². The van der Waals surface area contributed by atoms with Gasteiger partial charge >= 0.3 is 5.97 Å². The summed E-state index contributed by atoms with van der Waals surface area (Å²) in [6.45, 7) is 7.35. The van der Waals surface area contributed by atoms with Gasteiger partial charge in [0.15, 0.2) is 0 Å². The third-order valence-corrected chi connectivity index (χ3v) is 7.40. The molecule has 4 rings (SSSR count). The monoisotopic (exact) mass is 550 g/mol. The molecule has 1 heterocycles. The van der Waals surface area contributed by atoms with E-state index in [1.54, 1.807) is 0 Å². The Morgan fingerprint density at radius 2 is 1.72 bits per heavy atom. The maximum atomic E-state index is 11.8. The number of esters is 1. The largest absolute Gasteiger partial charge is 0.458 e. The Kier molecular flexibility index (Phi) is 7.60. The number of aromatic nitrogens is 2. The van der Waals surface area contributed by atoms with Crippen molar-refractivity contribution in [2.24, 2.45) is 11.8 Å². The zero-order chi connectivity index (χ0) is 22.7. The first-order valence-corrected chi connectivity index (χ1v) is 13.0. The van der Waals surface area contributed by atoms with Gasteiger partial charge in [0.05, 0.1) is 15.9 Å². The number of rotatable bonds is 8. The molecule has 2 saturated carbocycles. The fourth-order valence-electron chi connectivity index (χ4n) is 4.62. The van der Waals surface area contributed by atoms with Crippen molar-refractivity contribution in [3.8, 4) is 11.3 Å². The van der Waals surface area contributed by atoms with Crippen molar-refractivity contribution < 1.29 is 14.3 Å². The minimum Gasteiger partial charge on any atom is -0.458 e. The molecule has 0 bridgehead atoms. The second kappa shape index (κ2) is 10.2. The van der Waals surface area contributed by atoms with Crippen LogP contribution in [0.5, 0.6) is 0 Å². The lowest BCUT2D eigenvalue weighted by molar-refractivity contribution is -0.160. The van der Waals surface area contributed by atoms with E-state index in [2.05, 4.69) is 57.6 Å². The third kappa shape index (κ3) is 6.34. The molecule has 0 aliphatic heterocycles. The number of carbonyl (C=O) groups is 1. The zero-order valence-corrected chi connectivity index (χ0v) is 21.6. The molecule has 0 saturated heterocycles. The molecule has 0 radical (unpaired) electrons. The highest BCUT2D eigenvalue weighted by molar-refractivity contribution is 14.1. The molecule has 6 heteroatoms. The normalized spacial score (nSPS) is 21.5. The van der Waals surface area contributed by atoms with Gasteiger partial charge in [0, 0.05) is 18.0 Å². The van der Waals surface area contributed by atoms with Gasteiger partial charge in [-0.2, -0.15) is 5.10 Å². The van der Waals surface area contributed by atoms with Crippen LogP contribution in [0.15, 0.2) is 30.3 Å². The van der Waals surface area contributed by atoms with Crippen LogP contribution in [0.4, 0.5) is 0 Å². The van der Waals surface area contributed by atoms with Crippen LogP contribution in [0.25, 0.3) is 11.3 Å². The maximum Gasteiger partial charge on any atom is 0.332 e. The number of halogens is 1. The highest BCUT2D eigenvalue weighted by atomic mass is 127. The van der Waals surface area contributed by atoms with E-state index in [1.165, 1.54) is 40.5 Å². The molecule has 2 aliphatic rings. The second-order valence-electron chi connectivity index (χ2n) is 10.4. The lowest BCUT2D eigenvalue weighted by Gasteiger charge is -2.28. The summed E-state index contributed by atoms with van der Waals surface area (Å²) in [4.78, 5) is 11.8. The zero-order valence-electron chi connectivity index (χ0n) is 19.5. The number of carbonyl (C=O) groups excluding carboxylic acids is 1. The van der Waals surface area contributed by atoms with E-state index in [-0.39, 0.29) is 12.6 Å². The summed E-state index contributed by atoms with van der Waals surface area (Å²) in [6.07, 6.45) is 7.28. The Labute approximate surface area is 205 Å². The van der Waals surface area contributed by atoms with Crippen LogP contribution in [0.2, 0.25) is 0 Å². The van der Waals surface area contributed by atoms with Gasteiger partial charge in [-0.1, -0.05) is 30.3 Å². The highest BCUT2D eigenvalue weighted by Gasteiger charge is 2.33. The molecule has 0 spiro atoms. The van der Waals surface area contributed by atoms with Gasteiger partial charge < -0.3 is 9.47 Å². The lowest BCUT2D eigenvalue weighted by atomic mass is 9.82. The van der Waals surface area contributed by atoms with Gasteiger partial charge in [0.1, 0.15) is 17.9 Å². The van der Waals surface area contributed by atoms with E-state index in [0.29, 0.717) is 24.4 Å². The third-order valence-electron chi connectivity index (χ3n) is 6.33. The Morgan fingerprint density at radius 1 is 1.06 bits per heavy atom. The molecule has 0 unspecified atom stereocenters. The van der Waals surface area contributed by atoms with Crippen LogP contribution in [-0.4, -0.2) is 34.6 Å². The van der Waals surface area contributed by atoms with Crippen LogP contribution < -0.4 is 0 Å². The second-order valence-corrected chi connectivity index (χ2v) is 11.4. The van der Waals surface area contributed by atoms with Crippen molar-refractivity contribution in [3.63, 3.8) is 0 Å². The Bertz CT molecular complexity index is 907. The fourth-order valence-corrected chi connectivity index (χ4v) is 5.76. The highest BCUT2D eigenvalue weighted by Crippen LogP contribution is 2.45. The summed E-state index contributed by atoms with van der Waals surface area (Å²) in [6, 6.07) is 10.6. The van der Waals surface area contributed by atoms with Crippen molar-refractivity contribution in [2.45, 2.75) is 77.4 Å². The predicted molar refractivity (Wildman–Crippen MR) is 134 cm³/mol. The predicted octanol–water partition coefficient (Wildman–Crippen LogP) is 6.20. The van der Waals surface area contributed by atoms with Gasteiger partial charge in [-0.3, -0.25) is 4.68 Å². The quantitative estimate of drug-likeness (QED) is 0.290. The minimum atomic E-state index is -0.456. The van der Waals surface area contributed by atoms with Crippen molar-refractivity contribution in [1.82, 2.24) is 9.78 Å². The first-order chi connectivity index (χ1) is 15.3. The molecule has 1 aromatic heterocycles. The molecule has 0 atom stereocenters. The number of benzene rings is 1. The SMILES string of the molecule is CC(C)(C)OC(=O)COC[C@H]1CC[C@H](Cn2nc(-c3ccccc3)c(I)c2C2CC2)CC1. The summed E-state index contributed by atoms with van der Waals surface area (Å²) in [5, 5.41) is 5.09. The Morgan fingerprint density at radius 3 is 2.34 bits per heavy atom. The summed E-state index contributed by atoms with van der Waals surface area (Å²) in [5.41, 5.74) is 3.34. The number of hydrogen-bond acceptors (Lipinski definition) is 4. The van der Waals surface area contributed by atoms with E-state index in [1.807, 2.05) is 20.8 Å². The summed E-state index contributed by atoms with van der Waals surface area (Å²) in [5.74, 6) is 1.61. The van der Waals surface area contributed by atoms with Crippen LogP contribution >= 0.6 is 22.6 Å². The molecule has 1 aromatic carbocycles. The molecule has 0 N–H and O–H groups in total. The van der Waals surface area contributed by atoms with Crippen LogP contribution in [0, 0.1) is 15.4 Å². The molecule has 2 aliphatic carbocycles. The van der Waals surface area contributed by atoms with E-state index in [0.717, 1.165) is 25.1 Å². The molecule has 32 heavy (non-hydrogen) atoms. The first kappa shape index (κ1) is 23.7. The van der Waals surface area contributed by atoms with Crippen molar-refractivity contribution >= 4 is 28.6 Å². The van der Waals surface area contributed by atoms with E-state index < -0.39 is 5.60 Å². The Balaban J connectivity index is 1.29. The molecular weight excluding hydrogens is 515 g/mol. The van der Waals surface area contributed by atoms with Crippen molar-refractivity contribution in [3.05, 3.63) is 39.6 Å². The summed E-state index contributed by atoms with van der Waals surface area (Å²) >= 11 is 2.51. The average Bonchev–Trinajstić information content (AvgIpc) is 3.52. The van der Waals surface area contributed by atoms with E-state index in [9.17, 15) is 4.79 Å². The molecule has 0 amide bonds. The Hall–Kier alpha value is -1.41. The molecule has 5 nitrogen and oxygen atoms in total. The van der Waals surface area contributed by atoms with Gasteiger partial charge in [-0.25, -0.2) is 4.79 Å². The maximum absolute atomic E-state index is 11.8. The first-order valence-electron chi connectivity index (χ1n) is 11.9. The minimum absolute atomic E-state index is 0.0515. The lowest BCUT2D eigenvalue weighted by Crippen LogP contribution is -2.28. The van der Waals surface area contributed by atoms with E-state index >= 15 is 0 Å². The van der Waals surface area contributed by atoms with Crippen LogP contribution in [0.3, 0.4) is 0 Å². The molecule has 2 aromatic rings. The summed E-state index contributed by atoms with van der Waals surface area (Å²) < 4.78 is 14.6. The topological polar surface area (TPSA) is 53.4 Å². The smallest absolute Gasteiger partial charge is 0.332 e. The van der Waals surface area contributed by atoms with Crippen LogP contribution in [-0.2, 0) is 20.8 Å².